The Hall–Kier alpha value is -0.430. The first-order chi connectivity index (χ1) is 7.50. The molecule has 0 aliphatic carbocycles. The number of nitrogens with zero attached hydrogens (tertiary/aromatic N) is 1. The zero-order valence-electron chi connectivity index (χ0n) is 9.09. The summed E-state index contributed by atoms with van der Waals surface area (Å²) in [6, 6.07) is 1.70. The molecule has 1 saturated heterocycles. The molecular formula is C10H15NO3S2. The van der Waals surface area contributed by atoms with Gasteiger partial charge in [-0.05, 0) is 25.8 Å². The lowest BCUT2D eigenvalue weighted by atomic mass is 10.1. The maximum Gasteiger partial charge on any atom is 0.243 e. The Morgan fingerprint density at radius 1 is 1.44 bits per heavy atom. The second-order valence-corrected chi connectivity index (χ2v) is 7.08. The minimum absolute atomic E-state index is 0.351. The number of hydrogen-bond donors (Lipinski definition) is 1. The molecule has 1 N–H and O–H groups in total. The Morgan fingerprint density at radius 2 is 2.06 bits per heavy atom. The number of piperidine rings is 1. The van der Waals surface area contributed by atoms with E-state index in [0.29, 0.717) is 30.8 Å². The number of aryl methyl sites for hydroxylation is 1. The summed E-state index contributed by atoms with van der Waals surface area (Å²) in [4.78, 5) is 1.38. The van der Waals surface area contributed by atoms with Crippen molar-refractivity contribution in [2.75, 3.05) is 13.1 Å². The molecule has 0 saturated carbocycles. The van der Waals surface area contributed by atoms with Gasteiger partial charge in [-0.25, -0.2) is 8.42 Å². The Morgan fingerprint density at radius 3 is 2.56 bits per heavy atom. The maximum absolute atomic E-state index is 12.2. The summed E-state index contributed by atoms with van der Waals surface area (Å²) >= 11 is 1.44. The zero-order valence-corrected chi connectivity index (χ0v) is 10.7. The number of thiophene rings is 1. The van der Waals surface area contributed by atoms with Crippen LogP contribution in [0.5, 0.6) is 0 Å². The summed E-state index contributed by atoms with van der Waals surface area (Å²) in [5.74, 6) is 0. The van der Waals surface area contributed by atoms with Gasteiger partial charge in [-0.2, -0.15) is 4.31 Å². The van der Waals surface area contributed by atoms with Gasteiger partial charge in [0.25, 0.3) is 0 Å². The van der Waals surface area contributed by atoms with Crippen molar-refractivity contribution in [3.8, 4) is 0 Å². The predicted octanol–water partition coefficient (Wildman–Crippen LogP) is 1.20. The van der Waals surface area contributed by atoms with Crippen LogP contribution in [-0.2, 0) is 10.0 Å². The second-order valence-electron chi connectivity index (χ2n) is 4.03. The standard InChI is InChI=1S/C10H15NO3S2/c1-8-6-10(7-15-8)16(13,14)11-4-2-9(12)3-5-11/h6-7,9,12H,2-5H2,1H3. The van der Waals surface area contributed by atoms with E-state index in [0.717, 1.165) is 4.88 Å². The lowest BCUT2D eigenvalue weighted by Gasteiger charge is -2.28. The number of rotatable bonds is 2. The number of aliphatic hydroxyl groups excluding tert-OH is 1. The molecule has 1 aliphatic heterocycles. The van der Waals surface area contributed by atoms with Gasteiger partial charge in [-0.3, -0.25) is 0 Å². The summed E-state index contributed by atoms with van der Waals surface area (Å²) in [6.45, 7) is 2.72. The molecule has 2 heterocycles. The SMILES string of the molecule is Cc1cc(S(=O)(=O)N2CCC(O)CC2)cs1. The van der Waals surface area contributed by atoms with Crippen LogP contribution in [0, 0.1) is 6.92 Å². The van der Waals surface area contributed by atoms with E-state index in [-0.39, 0.29) is 6.10 Å². The Labute approximate surface area is 99.6 Å². The van der Waals surface area contributed by atoms with Crippen LogP contribution in [0.15, 0.2) is 16.3 Å². The summed E-state index contributed by atoms with van der Waals surface area (Å²) in [7, 11) is -3.33. The van der Waals surface area contributed by atoms with Gasteiger partial charge >= 0.3 is 0 Å². The highest BCUT2D eigenvalue weighted by molar-refractivity contribution is 7.89. The van der Waals surface area contributed by atoms with E-state index >= 15 is 0 Å². The van der Waals surface area contributed by atoms with Crippen LogP contribution in [0.25, 0.3) is 0 Å². The maximum atomic E-state index is 12.2. The third kappa shape index (κ3) is 2.29. The van der Waals surface area contributed by atoms with Gasteiger partial charge in [0.1, 0.15) is 0 Å². The van der Waals surface area contributed by atoms with Crippen molar-refractivity contribution < 1.29 is 13.5 Å². The van der Waals surface area contributed by atoms with Crippen LogP contribution < -0.4 is 0 Å². The van der Waals surface area contributed by atoms with Gasteiger partial charge in [0.15, 0.2) is 0 Å². The van der Waals surface area contributed by atoms with Crippen LogP contribution in [0.2, 0.25) is 0 Å². The molecule has 1 aromatic rings. The van der Waals surface area contributed by atoms with Crippen LogP contribution >= 0.6 is 11.3 Å². The monoisotopic (exact) mass is 261 g/mol. The molecule has 16 heavy (non-hydrogen) atoms. The van der Waals surface area contributed by atoms with E-state index in [1.807, 2.05) is 6.92 Å². The molecule has 0 spiro atoms. The summed E-state index contributed by atoms with van der Waals surface area (Å²) in [5.41, 5.74) is 0. The smallest absolute Gasteiger partial charge is 0.243 e. The minimum atomic E-state index is -3.33. The van der Waals surface area contributed by atoms with Gasteiger partial charge in [0, 0.05) is 23.3 Å². The Balaban J connectivity index is 2.20. The fraction of sp³-hybridized carbons (Fsp3) is 0.600. The van der Waals surface area contributed by atoms with E-state index in [1.54, 1.807) is 11.4 Å². The van der Waals surface area contributed by atoms with E-state index in [2.05, 4.69) is 0 Å². The van der Waals surface area contributed by atoms with Crippen LogP contribution in [0.3, 0.4) is 0 Å². The Kier molecular flexibility index (Phi) is 3.34. The lowest BCUT2D eigenvalue weighted by molar-refractivity contribution is 0.113. The molecule has 4 nitrogen and oxygen atoms in total. The fourth-order valence-corrected chi connectivity index (χ4v) is 4.37. The molecule has 90 valence electrons. The molecular weight excluding hydrogens is 246 g/mol. The molecule has 0 amide bonds. The molecule has 1 fully saturated rings. The third-order valence-corrected chi connectivity index (χ3v) is 5.65. The quantitative estimate of drug-likeness (QED) is 0.870. The topological polar surface area (TPSA) is 57.6 Å². The summed E-state index contributed by atoms with van der Waals surface area (Å²) < 4.78 is 25.8. The van der Waals surface area contributed by atoms with Crippen molar-refractivity contribution in [2.45, 2.75) is 30.8 Å². The van der Waals surface area contributed by atoms with E-state index in [1.165, 1.54) is 15.6 Å². The van der Waals surface area contributed by atoms with Gasteiger partial charge in [0.05, 0.1) is 11.0 Å². The van der Waals surface area contributed by atoms with E-state index in [9.17, 15) is 13.5 Å². The molecule has 0 radical (unpaired) electrons. The largest absolute Gasteiger partial charge is 0.393 e. The van der Waals surface area contributed by atoms with E-state index in [4.69, 9.17) is 0 Å². The normalized spacial score (nSPS) is 20.1. The van der Waals surface area contributed by atoms with Crippen molar-refractivity contribution in [3.63, 3.8) is 0 Å². The Bertz CT molecular complexity index is 458. The van der Waals surface area contributed by atoms with Crippen LogP contribution in [0.4, 0.5) is 0 Å². The second kappa shape index (κ2) is 4.44. The van der Waals surface area contributed by atoms with Crippen molar-refractivity contribution in [1.29, 1.82) is 0 Å². The predicted molar refractivity (Wildman–Crippen MR) is 63.1 cm³/mol. The minimum Gasteiger partial charge on any atom is -0.393 e. The highest BCUT2D eigenvalue weighted by Crippen LogP contribution is 2.24. The first-order valence-corrected chi connectivity index (χ1v) is 7.55. The molecule has 0 atom stereocenters. The van der Waals surface area contributed by atoms with Crippen molar-refractivity contribution in [2.24, 2.45) is 0 Å². The first kappa shape index (κ1) is 12.0. The lowest BCUT2D eigenvalue weighted by Crippen LogP contribution is -2.39. The number of sulfonamides is 1. The van der Waals surface area contributed by atoms with Crippen molar-refractivity contribution in [1.82, 2.24) is 4.31 Å². The molecule has 0 unspecified atom stereocenters. The molecule has 0 bridgehead atoms. The molecule has 1 aromatic heterocycles. The van der Waals surface area contributed by atoms with Gasteiger partial charge in [-0.15, -0.1) is 11.3 Å². The first-order valence-electron chi connectivity index (χ1n) is 5.23. The molecule has 0 aromatic carbocycles. The molecule has 2 rings (SSSR count). The van der Waals surface area contributed by atoms with Gasteiger partial charge in [-0.1, -0.05) is 0 Å². The molecule has 6 heteroatoms. The van der Waals surface area contributed by atoms with Gasteiger partial charge < -0.3 is 5.11 Å². The highest BCUT2D eigenvalue weighted by atomic mass is 32.2. The highest BCUT2D eigenvalue weighted by Gasteiger charge is 2.29. The number of aliphatic hydroxyl groups is 1. The average Bonchev–Trinajstić information content (AvgIpc) is 2.66. The average molecular weight is 261 g/mol. The fourth-order valence-electron chi connectivity index (χ4n) is 1.79. The van der Waals surface area contributed by atoms with E-state index < -0.39 is 10.0 Å². The van der Waals surface area contributed by atoms with Crippen molar-refractivity contribution in [3.05, 3.63) is 16.3 Å². The molecule has 1 aliphatic rings. The van der Waals surface area contributed by atoms with Crippen LogP contribution in [0.1, 0.15) is 17.7 Å². The zero-order chi connectivity index (χ0) is 11.8. The number of hydrogen-bond acceptors (Lipinski definition) is 4. The summed E-state index contributed by atoms with van der Waals surface area (Å²) in [6.07, 6.45) is 0.709. The van der Waals surface area contributed by atoms with Gasteiger partial charge in [0.2, 0.25) is 10.0 Å². The summed E-state index contributed by atoms with van der Waals surface area (Å²) in [5, 5.41) is 11.0. The third-order valence-electron chi connectivity index (χ3n) is 2.77. The van der Waals surface area contributed by atoms with Crippen LogP contribution in [-0.4, -0.2) is 37.0 Å². The van der Waals surface area contributed by atoms with Crippen molar-refractivity contribution >= 4 is 21.4 Å².